The molecule has 2 heterocycles. The lowest BCUT2D eigenvalue weighted by Gasteiger charge is -2.32. The summed E-state index contributed by atoms with van der Waals surface area (Å²) < 4.78 is 28.0. The third-order valence-corrected chi connectivity index (χ3v) is 5.92. The Morgan fingerprint density at radius 1 is 1.22 bits per heavy atom. The van der Waals surface area contributed by atoms with Gasteiger partial charge in [-0.05, 0) is 39.0 Å². The van der Waals surface area contributed by atoms with E-state index in [1.165, 1.54) is 0 Å². The highest BCUT2D eigenvalue weighted by Gasteiger charge is 2.33. The highest BCUT2D eigenvalue weighted by Crippen LogP contribution is 2.19. The minimum absolute atomic E-state index is 0.133. The van der Waals surface area contributed by atoms with Gasteiger partial charge in [-0.3, -0.25) is 9.89 Å². The van der Waals surface area contributed by atoms with E-state index in [0.717, 1.165) is 19.3 Å². The molecule has 0 saturated carbocycles. The Bertz CT molecular complexity index is 641. The lowest BCUT2D eigenvalue weighted by atomic mass is 10.0. The summed E-state index contributed by atoms with van der Waals surface area (Å²) in [6.07, 6.45) is 3.07. The average Bonchev–Trinajstić information content (AvgIpc) is 2.84. The monoisotopic (exact) mass is 342 g/mol. The summed E-state index contributed by atoms with van der Waals surface area (Å²) >= 11 is 0. The first-order chi connectivity index (χ1) is 10.7. The van der Waals surface area contributed by atoms with Crippen LogP contribution in [0.5, 0.6) is 0 Å². The zero-order chi connectivity index (χ0) is 17.2. The smallest absolute Gasteiger partial charge is 0.244 e. The third kappa shape index (κ3) is 3.92. The minimum atomic E-state index is -3.80. The maximum Gasteiger partial charge on any atom is 0.244 e. The van der Waals surface area contributed by atoms with E-state index in [4.69, 9.17) is 0 Å². The van der Waals surface area contributed by atoms with Crippen molar-refractivity contribution in [1.82, 2.24) is 19.8 Å². The Hall–Kier alpha value is -1.41. The molecule has 130 valence electrons. The van der Waals surface area contributed by atoms with Gasteiger partial charge >= 0.3 is 0 Å². The maximum atomic E-state index is 12.7. The largest absolute Gasteiger partial charge is 0.341 e. The van der Waals surface area contributed by atoms with E-state index in [0.29, 0.717) is 24.5 Å². The number of H-pyrrole nitrogens is 1. The fourth-order valence-electron chi connectivity index (χ4n) is 2.95. The summed E-state index contributed by atoms with van der Waals surface area (Å²) in [5, 5.41) is 6.60. The number of hydrogen-bond donors (Lipinski definition) is 2. The number of aromatic amines is 1. The molecule has 1 amide bonds. The molecular weight excluding hydrogens is 316 g/mol. The highest BCUT2D eigenvalue weighted by molar-refractivity contribution is 7.89. The van der Waals surface area contributed by atoms with Crippen molar-refractivity contribution >= 4 is 15.9 Å². The van der Waals surface area contributed by atoms with Gasteiger partial charge in [0.25, 0.3) is 0 Å². The fraction of sp³-hybridized carbons (Fsp3) is 0.733. The van der Waals surface area contributed by atoms with Crippen LogP contribution >= 0.6 is 0 Å². The molecule has 0 spiro atoms. The molecule has 23 heavy (non-hydrogen) atoms. The van der Waals surface area contributed by atoms with Crippen LogP contribution in [0.4, 0.5) is 0 Å². The average molecular weight is 342 g/mol. The normalized spacial score (nSPS) is 17.5. The van der Waals surface area contributed by atoms with E-state index < -0.39 is 16.1 Å². The van der Waals surface area contributed by atoms with Crippen LogP contribution in [0.1, 0.15) is 44.5 Å². The molecule has 0 aliphatic carbocycles. The van der Waals surface area contributed by atoms with E-state index in [1.807, 2.05) is 13.8 Å². The number of sulfonamides is 1. The molecule has 1 saturated heterocycles. The number of nitrogens with zero attached hydrogens (tertiary/aromatic N) is 2. The van der Waals surface area contributed by atoms with E-state index in [1.54, 1.807) is 18.7 Å². The van der Waals surface area contributed by atoms with Crippen molar-refractivity contribution in [1.29, 1.82) is 0 Å². The second-order valence-electron chi connectivity index (χ2n) is 6.49. The van der Waals surface area contributed by atoms with Crippen LogP contribution in [0, 0.1) is 19.8 Å². The van der Waals surface area contributed by atoms with Crippen LogP contribution in [0.15, 0.2) is 4.90 Å². The lowest BCUT2D eigenvalue weighted by Crippen LogP contribution is -2.52. The van der Waals surface area contributed by atoms with Gasteiger partial charge in [-0.25, -0.2) is 8.42 Å². The van der Waals surface area contributed by atoms with Crippen LogP contribution in [0.2, 0.25) is 0 Å². The fourth-order valence-corrected chi connectivity index (χ4v) is 4.65. The number of aryl methyl sites for hydroxylation is 2. The first-order valence-electron chi connectivity index (χ1n) is 8.06. The Morgan fingerprint density at radius 2 is 1.83 bits per heavy atom. The van der Waals surface area contributed by atoms with Crippen molar-refractivity contribution in [2.75, 3.05) is 13.1 Å². The van der Waals surface area contributed by atoms with Crippen molar-refractivity contribution in [3.8, 4) is 0 Å². The van der Waals surface area contributed by atoms with Gasteiger partial charge in [0.1, 0.15) is 10.9 Å². The first-order valence-corrected chi connectivity index (χ1v) is 9.55. The number of rotatable bonds is 5. The van der Waals surface area contributed by atoms with E-state index >= 15 is 0 Å². The number of aromatic nitrogens is 2. The number of carbonyl (C=O) groups is 1. The third-order valence-electron chi connectivity index (χ3n) is 4.21. The van der Waals surface area contributed by atoms with Crippen molar-refractivity contribution in [3.63, 3.8) is 0 Å². The molecule has 1 fully saturated rings. The van der Waals surface area contributed by atoms with Crippen LogP contribution in [0.3, 0.4) is 0 Å². The molecule has 2 rings (SSSR count). The number of likely N-dealkylation sites (tertiary alicyclic amines) is 1. The number of carbonyl (C=O) groups excluding carboxylic acids is 1. The zero-order valence-corrected chi connectivity index (χ0v) is 15.0. The van der Waals surface area contributed by atoms with Crippen LogP contribution < -0.4 is 4.72 Å². The molecule has 0 bridgehead atoms. The first kappa shape index (κ1) is 17.9. The standard InChI is InChI=1S/C15H26N4O3S/c1-10(2)13(15(20)19-8-6-5-7-9-19)18-23(21,22)14-11(3)16-17-12(14)4/h10,13,18H,5-9H2,1-4H3,(H,16,17)/t13-/m0/s1. The molecule has 1 aliphatic heterocycles. The maximum absolute atomic E-state index is 12.7. The van der Waals surface area contributed by atoms with Gasteiger partial charge in [-0.2, -0.15) is 9.82 Å². The molecule has 8 heteroatoms. The summed E-state index contributed by atoms with van der Waals surface area (Å²) in [4.78, 5) is 14.6. The van der Waals surface area contributed by atoms with Gasteiger partial charge in [-0.1, -0.05) is 13.8 Å². The molecule has 2 N–H and O–H groups in total. The van der Waals surface area contributed by atoms with Gasteiger partial charge < -0.3 is 4.90 Å². The van der Waals surface area contributed by atoms with Crippen molar-refractivity contribution in [2.24, 2.45) is 5.92 Å². The number of hydrogen-bond acceptors (Lipinski definition) is 4. The number of nitrogens with one attached hydrogen (secondary N) is 2. The summed E-state index contributed by atoms with van der Waals surface area (Å²) in [6, 6.07) is -0.758. The SMILES string of the molecule is Cc1n[nH]c(C)c1S(=O)(=O)N[C@H](C(=O)N1CCCCC1)C(C)C. The molecular formula is C15H26N4O3S. The van der Waals surface area contributed by atoms with Gasteiger partial charge in [0, 0.05) is 13.1 Å². The van der Waals surface area contributed by atoms with Crippen LogP contribution in [0.25, 0.3) is 0 Å². The van der Waals surface area contributed by atoms with E-state index in [9.17, 15) is 13.2 Å². The topological polar surface area (TPSA) is 95.2 Å². The number of piperidine rings is 1. The van der Waals surface area contributed by atoms with Crippen LogP contribution in [-0.4, -0.2) is 48.6 Å². The molecule has 7 nitrogen and oxygen atoms in total. The highest BCUT2D eigenvalue weighted by atomic mass is 32.2. The predicted molar refractivity (Wildman–Crippen MR) is 87.4 cm³/mol. The summed E-state index contributed by atoms with van der Waals surface area (Å²) in [5.41, 5.74) is 0.880. The lowest BCUT2D eigenvalue weighted by molar-refractivity contribution is -0.134. The van der Waals surface area contributed by atoms with Gasteiger partial charge in [-0.15, -0.1) is 0 Å². The van der Waals surface area contributed by atoms with Gasteiger partial charge in [0.15, 0.2) is 0 Å². The Balaban J connectivity index is 2.23. The molecule has 0 unspecified atom stereocenters. The number of amides is 1. The second kappa shape index (κ2) is 7.00. The quantitative estimate of drug-likeness (QED) is 0.844. The molecule has 0 aromatic carbocycles. The summed E-state index contributed by atoms with van der Waals surface area (Å²) in [5.74, 6) is -0.270. The molecule has 1 aliphatic rings. The van der Waals surface area contributed by atoms with Gasteiger partial charge in [0.05, 0.1) is 11.4 Å². The molecule has 1 atom stereocenters. The van der Waals surface area contributed by atoms with Gasteiger partial charge in [0.2, 0.25) is 15.9 Å². The van der Waals surface area contributed by atoms with Crippen molar-refractivity contribution < 1.29 is 13.2 Å². The predicted octanol–water partition coefficient (Wildman–Crippen LogP) is 1.34. The minimum Gasteiger partial charge on any atom is -0.341 e. The van der Waals surface area contributed by atoms with E-state index in [-0.39, 0.29) is 16.7 Å². The Morgan fingerprint density at radius 3 is 2.30 bits per heavy atom. The Kier molecular flexibility index (Phi) is 5.46. The second-order valence-corrected chi connectivity index (χ2v) is 8.14. The zero-order valence-electron chi connectivity index (χ0n) is 14.2. The molecule has 1 aromatic heterocycles. The van der Waals surface area contributed by atoms with Crippen molar-refractivity contribution in [3.05, 3.63) is 11.4 Å². The summed E-state index contributed by atoms with van der Waals surface area (Å²) in [7, 11) is -3.80. The molecule has 1 aromatic rings. The Labute approximate surface area is 137 Å². The van der Waals surface area contributed by atoms with Crippen molar-refractivity contribution in [2.45, 2.75) is 57.9 Å². The van der Waals surface area contributed by atoms with E-state index in [2.05, 4.69) is 14.9 Å². The van der Waals surface area contributed by atoms with Crippen LogP contribution in [-0.2, 0) is 14.8 Å². The summed E-state index contributed by atoms with van der Waals surface area (Å²) in [6.45, 7) is 8.40. The molecule has 0 radical (unpaired) electrons.